The van der Waals surface area contributed by atoms with Gasteiger partial charge in [-0.1, -0.05) is 24.4 Å². The first kappa shape index (κ1) is 14.5. The monoisotopic (exact) mass is 306 g/mol. The molecule has 21 heavy (non-hydrogen) atoms. The average Bonchev–Trinajstić information content (AvgIpc) is 2.71. The Bertz CT molecular complexity index is 633. The van der Waals surface area contributed by atoms with Crippen LogP contribution in [-0.2, 0) is 4.79 Å². The van der Waals surface area contributed by atoms with Crippen LogP contribution in [0.15, 0.2) is 17.9 Å². The number of hydrogen-bond acceptors (Lipinski definition) is 3. The van der Waals surface area contributed by atoms with Gasteiger partial charge in [0.25, 0.3) is 0 Å². The number of aliphatic hydroxyl groups is 1. The van der Waals surface area contributed by atoms with E-state index in [-0.39, 0.29) is 23.4 Å². The highest BCUT2D eigenvalue weighted by molar-refractivity contribution is 6.36. The molecule has 1 saturated carbocycles. The zero-order valence-corrected chi connectivity index (χ0v) is 13.0. The zero-order chi connectivity index (χ0) is 15.1. The maximum absolute atomic E-state index is 12.7. The Morgan fingerprint density at radius 3 is 2.52 bits per heavy atom. The first-order chi connectivity index (χ1) is 10.0. The van der Waals surface area contributed by atoms with Crippen LogP contribution in [0.1, 0.15) is 36.8 Å². The molecular formula is C17H19ClO3. The predicted molar refractivity (Wildman–Crippen MR) is 82.7 cm³/mol. The lowest BCUT2D eigenvalue weighted by Gasteiger charge is -2.23. The topological polar surface area (TPSA) is 46.5 Å². The van der Waals surface area contributed by atoms with Crippen LogP contribution in [0.4, 0.5) is 0 Å². The van der Waals surface area contributed by atoms with Gasteiger partial charge in [-0.2, -0.15) is 0 Å². The molecule has 0 aromatic heterocycles. The fourth-order valence-corrected chi connectivity index (χ4v) is 3.99. The maximum atomic E-state index is 12.7. The number of aliphatic hydroxyl groups excluding tert-OH is 1. The Morgan fingerprint density at radius 1 is 1.24 bits per heavy atom. The van der Waals surface area contributed by atoms with Crippen molar-refractivity contribution in [1.29, 1.82) is 0 Å². The molecule has 1 aromatic rings. The van der Waals surface area contributed by atoms with E-state index >= 15 is 0 Å². The van der Waals surface area contributed by atoms with Crippen molar-refractivity contribution < 1.29 is 14.6 Å². The summed E-state index contributed by atoms with van der Waals surface area (Å²) in [5, 5.41) is 11.0. The molecule has 2 aliphatic rings. The van der Waals surface area contributed by atoms with Crippen molar-refractivity contribution in [2.75, 3.05) is 7.11 Å². The third kappa shape index (κ3) is 2.24. The summed E-state index contributed by atoms with van der Waals surface area (Å²) in [5.41, 5.74) is 1.87. The molecule has 0 saturated heterocycles. The van der Waals surface area contributed by atoms with Gasteiger partial charge in [0.1, 0.15) is 11.5 Å². The summed E-state index contributed by atoms with van der Waals surface area (Å²) in [4.78, 5) is 12.7. The molecule has 2 atom stereocenters. The molecule has 3 nitrogen and oxygen atoms in total. The number of benzene rings is 1. The number of Topliss-reactive ketones (excluding diaryl/α,β-unsaturated/α-hetero) is 1. The molecule has 1 aromatic carbocycles. The molecule has 3 rings (SSSR count). The van der Waals surface area contributed by atoms with Crippen molar-refractivity contribution in [2.45, 2.75) is 32.6 Å². The lowest BCUT2D eigenvalue weighted by molar-refractivity contribution is -0.118. The van der Waals surface area contributed by atoms with Gasteiger partial charge in [0.15, 0.2) is 5.78 Å². The quantitative estimate of drug-likeness (QED) is 0.885. The van der Waals surface area contributed by atoms with Crippen molar-refractivity contribution in [3.05, 3.63) is 34.0 Å². The summed E-state index contributed by atoms with van der Waals surface area (Å²) in [6, 6.07) is 3.64. The van der Waals surface area contributed by atoms with Gasteiger partial charge in [0, 0.05) is 17.4 Å². The van der Waals surface area contributed by atoms with Crippen molar-refractivity contribution in [3.8, 4) is 5.75 Å². The molecule has 4 heteroatoms. The molecular weight excluding hydrogens is 288 g/mol. The molecule has 1 fully saturated rings. The van der Waals surface area contributed by atoms with E-state index in [1.807, 2.05) is 13.0 Å². The van der Waals surface area contributed by atoms with Gasteiger partial charge < -0.3 is 9.84 Å². The third-order valence-electron chi connectivity index (χ3n) is 4.62. The third-order valence-corrected chi connectivity index (χ3v) is 4.92. The van der Waals surface area contributed by atoms with Gasteiger partial charge in [0.2, 0.25) is 0 Å². The van der Waals surface area contributed by atoms with Crippen LogP contribution in [0.2, 0.25) is 5.02 Å². The van der Waals surface area contributed by atoms with Gasteiger partial charge >= 0.3 is 0 Å². The molecule has 112 valence electrons. The van der Waals surface area contributed by atoms with E-state index in [1.54, 1.807) is 13.2 Å². The van der Waals surface area contributed by atoms with Crippen molar-refractivity contribution >= 4 is 23.0 Å². The number of ether oxygens (including phenoxy) is 1. The number of carbonyl (C=O) groups excluding carboxylic acids is 1. The molecule has 2 aliphatic carbocycles. The van der Waals surface area contributed by atoms with Crippen molar-refractivity contribution in [3.63, 3.8) is 0 Å². The fraction of sp³-hybridized carbons (Fsp3) is 0.471. The predicted octanol–water partition coefficient (Wildman–Crippen LogP) is 4.32. The van der Waals surface area contributed by atoms with Crippen LogP contribution in [0.5, 0.6) is 5.75 Å². The van der Waals surface area contributed by atoms with E-state index < -0.39 is 0 Å². The molecule has 2 unspecified atom stereocenters. The Kier molecular flexibility index (Phi) is 3.70. The van der Waals surface area contributed by atoms with Crippen LogP contribution in [0, 0.1) is 18.8 Å². The number of aryl methyl sites for hydroxylation is 1. The number of fused-ring (bicyclic) bond motifs is 1. The van der Waals surface area contributed by atoms with E-state index in [0.29, 0.717) is 21.9 Å². The number of methoxy groups -OCH3 is 1. The first-order valence-corrected chi connectivity index (χ1v) is 7.74. The van der Waals surface area contributed by atoms with Crippen LogP contribution in [0.25, 0.3) is 5.57 Å². The lowest BCUT2D eigenvalue weighted by atomic mass is 9.80. The minimum Gasteiger partial charge on any atom is -0.511 e. The Balaban J connectivity index is 2.16. The molecule has 0 aliphatic heterocycles. The van der Waals surface area contributed by atoms with Crippen LogP contribution >= 0.6 is 11.6 Å². The fourth-order valence-electron chi connectivity index (χ4n) is 3.63. The molecule has 0 amide bonds. The minimum atomic E-state index is -0.0872. The van der Waals surface area contributed by atoms with Gasteiger partial charge in [-0.25, -0.2) is 0 Å². The zero-order valence-electron chi connectivity index (χ0n) is 12.3. The van der Waals surface area contributed by atoms with Crippen LogP contribution < -0.4 is 4.74 Å². The summed E-state index contributed by atoms with van der Waals surface area (Å²) in [6.45, 7) is 1.92. The first-order valence-electron chi connectivity index (χ1n) is 7.36. The largest absolute Gasteiger partial charge is 0.511 e. The highest BCUT2D eigenvalue weighted by Gasteiger charge is 2.44. The normalized spacial score (nSPS) is 25.2. The Hall–Kier alpha value is -1.48. The second kappa shape index (κ2) is 5.38. The SMILES string of the molecule is COc1cc(C)cc(Cl)c1C1=C(O)C2CCCCC2C1=O. The van der Waals surface area contributed by atoms with E-state index in [9.17, 15) is 9.90 Å². The highest BCUT2D eigenvalue weighted by Crippen LogP contribution is 2.48. The van der Waals surface area contributed by atoms with E-state index in [1.165, 1.54) is 0 Å². The standard InChI is InChI=1S/C17H19ClO3/c1-9-7-12(18)14(13(8-9)21-2)15-16(19)10-5-3-4-6-11(10)17(15)20/h7-8,10-11,19H,3-6H2,1-2H3. The molecule has 1 N–H and O–H groups in total. The summed E-state index contributed by atoms with van der Waals surface area (Å²) < 4.78 is 5.39. The van der Waals surface area contributed by atoms with Gasteiger partial charge in [-0.15, -0.1) is 0 Å². The lowest BCUT2D eigenvalue weighted by Crippen LogP contribution is -2.21. The van der Waals surface area contributed by atoms with Gasteiger partial charge in [-0.05, 0) is 37.5 Å². The Morgan fingerprint density at radius 2 is 1.90 bits per heavy atom. The van der Waals surface area contributed by atoms with Crippen molar-refractivity contribution in [2.24, 2.45) is 11.8 Å². The van der Waals surface area contributed by atoms with Crippen LogP contribution in [0.3, 0.4) is 0 Å². The number of carbonyl (C=O) groups is 1. The molecule has 0 radical (unpaired) electrons. The summed E-state index contributed by atoms with van der Waals surface area (Å²) in [7, 11) is 1.55. The number of rotatable bonds is 2. The number of halogens is 1. The van der Waals surface area contributed by atoms with Gasteiger partial charge in [0.05, 0.1) is 17.7 Å². The molecule has 0 bridgehead atoms. The van der Waals surface area contributed by atoms with E-state index in [4.69, 9.17) is 16.3 Å². The van der Waals surface area contributed by atoms with Crippen molar-refractivity contribution in [1.82, 2.24) is 0 Å². The maximum Gasteiger partial charge on any atom is 0.170 e. The van der Waals surface area contributed by atoms with E-state index in [0.717, 1.165) is 31.2 Å². The van der Waals surface area contributed by atoms with Gasteiger partial charge in [-0.3, -0.25) is 4.79 Å². The minimum absolute atomic E-state index is 0.0150. The molecule has 0 heterocycles. The number of ketones is 1. The second-order valence-electron chi connectivity index (χ2n) is 5.95. The number of allylic oxidation sites excluding steroid dienone is 2. The average molecular weight is 307 g/mol. The summed E-state index contributed by atoms with van der Waals surface area (Å²) >= 11 is 6.34. The second-order valence-corrected chi connectivity index (χ2v) is 6.35. The summed E-state index contributed by atoms with van der Waals surface area (Å²) in [5.74, 6) is 0.641. The highest BCUT2D eigenvalue weighted by atomic mass is 35.5. The smallest absolute Gasteiger partial charge is 0.170 e. The molecule has 0 spiro atoms. The number of hydrogen-bond donors (Lipinski definition) is 1. The van der Waals surface area contributed by atoms with E-state index in [2.05, 4.69) is 0 Å². The Labute approximate surface area is 129 Å². The summed E-state index contributed by atoms with van der Waals surface area (Å²) in [6.07, 6.45) is 3.83. The van der Waals surface area contributed by atoms with Crippen LogP contribution in [-0.4, -0.2) is 18.0 Å².